The Morgan fingerprint density at radius 1 is 1.38 bits per heavy atom. The number of carbonyl (C=O) groups excluding carboxylic acids is 1. The van der Waals surface area contributed by atoms with E-state index in [1.54, 1.807) is 0 Å². The SMILES string of the molecule is COC(=O)C1CCN(CCCOc2cc(C)ccc2C)C1. The van der Waals surface area contributed by atoms with Gasteiger partial charge in [0.05, 0.1) is 19.6 Å². The number of likely N-dealkylation sites (tertiary alicyclic amines) is 1. The van der Waals surface area contributed by atoms with Crippen LogP contribution >= 0.6 is 0 Å². The summed E-state index contributed by atoms with van der Waals surface area (Å²) in [4.78, 5) is 13.8. The van der Waals surface area contributed by atoms with Gasteiger partial charge in [-0.05, 0) is 50.4 Å². The number of esters is 1. The van der Waals surface area contributed by atoms with Gasteiger partial charge < -0.3 is 14.4 Å². The van der Waals surface area contributed by atoms with Crippen LogP contribution in [0.1, 0.15) is 24.0 Å². The maximum atomic E-state index is 11.5. The third-order valence-electron chi connectivity index (χ3n) is 4.03. The van der Waals surface area contributed by atoms with E-state index in [1.165, 1.54) is 18.2 Å². The summed E-state index contributed by atoms with van der Waals surface area (Å²) in [5, 5.41) is 0. The summed E-state index contributed by atoms with van der Waals surface area (Å²) in [5.74, 6) is 0.947. The van der Waals surface area contributed by atoms with Crippen molar-refractivity contribution in [3.63, 3.8) is 0 Å². The molecule has 1 aliphatic heterocycles. The molecule has 1 fully saturated rings. The van der Waals surface area contributed by atoms with E-state index in [2.05, 4.69) is 36.9 Å². The van der Waals surface area contributed by atoms with Crippen LogP contribution in [-0.2, 0) is 9.53 Å². The highest BCUT2D eigenvalue weighted by Crippen LogP contribution is 2.20. The standard InChI is InChI=1S/C17H25NO3/c1-13-5-6-14(2)16(11-13)21-10-4-8-18-9-7-15(12-18)17(19)20-3/h5-6,11,15H,4,7-10,12H2,1-3H3. The second-order valence-corrected chi connectivity index (χ2v) is 5.78. The highest BCUT2D eigenvalue weighted by atomic mass is 16.5. The first-order chi connectivity index (χ1) is 10.1. The largest absolute Gasteiger partial charge is 0.493 e. The van der Waals surface area contributed by atoms with Gasteiger partial charge in [-0.15, -0.1) is 0 Å². The lowest BCUT2D eigenvalue weighted by atomic mass is 10.1. The number of hydrogen-bond acceptors (Lipinski definition) is 4. The van der Waals surface area contributed by atoms with Gasteiger partial charge in [0, 0.05) is 13.1 Å². The zero-order valence-corrected chi connectivity index (χ0v) is 13.2. The minimum Gasteiger partial charge on any atom is -0.493 e. The van der Waals surface area contributed by atoms with Gasteiger partial charge in [-0.25, -0.2) is 0 Å². The minimum atomic E-state index is -0.0795. The molecule has 1 unspecified atom stereocenters. The Bertz CT molecular complexity index is 487. The maximum absolute atomic E-state index is 11.5. The Morgan fingerprint density at radius 3 is 2.95 bits per heavy atom. The molecule has 0 saturated carbocycles. The molecule has 1 heterocycles. The molecule has 0 spiro atoms. The van der Waals surface area contributed by atoms with Crippen molar-refractivity contribution in [1.82, 2.24) is 4.90 Å². The molecule has 4 heteroatoms. The third-order valence-corrected chi connectivity index (χ3v) is 4.03. The molecule has 116 valence electrons. The number of aryl methyl sites for hydroxylation is 2. The summed E-state index contributed by atoms with van der Waals surface area (Å²) in [5.41, 5.74) is 2.39. The predicted octanol–water partition coefficient (Wildman–Crippen LogP) is 2.57. The molecule has 2 rings (SSSR count). The van der Waals surface area contributed by atoms with E-state index in [4.69, 9.17) is 9.47 Å². The van der Waals surface area contributed by atoms with Crippen LogP contribution in [0.4, 0.5) is 0 Å². The van der Waals surface area contributed by atoms with E-state index in [-0.39, 0.29) is 11.9 Å². The molecule has 1 atom stereocenters. The number of benzene rings is 1. The Balaban J connectivity index is 1.69. The van der Waals surface area contributed by atoms with Crippen LogP contribution in [0.15, 0.2) is 18.2 Å². The Kier molecular flexibility index (Phi) is 5.62. The normalized spacial score (nSPS) is 18.7. The summed E-state index contributed by atoms with van der Waals surface area (Å²) >= 11 is 0. The number of carbonyl (C=O) groups is 1. The number of rotatable bonds is 6. The molecule has 0 amide bonds. The third kappa shape index (κ3) is 4.46. The van der Waals surface area contributed by atoms with E-state index >= 15 is 0 Å². The molecule has 0 aromatic heterocycles. The first-order valence-corrected chi connectivity index (χ1v) is 7.60. The van der Waals surface area contributed by atoms with Gasteiger partial charge in [0.1, 0.15) is 5.75 Å². The summed E-state index contributed by atoms with van der Waals surface area (Å²) < 4.78 is 10.7. The van der Waals surface area contributed by atoms with Crippen LogP contribution in [0.2, 0.25) is 0 Å². The number of nitrogens with zero attached hydrogens (tertiary/aromatic N) is 1. The van der Waals surface area contributed by atoms with E-state index in [0.29, 0.717) is 6.61 Å². The summed E-state index contributed by atoms with van der Waals surface area (Å²) in [6.07, 6.45) is 1.88. The summed E-state index contributed by atoms with van der Waals surface area (Å²) in [6, 6.07) is 6.27. The van der Waals surface area contributed by atoms with Crippen LogP contribution in [0.3, 0.4) is 0 Å². The van der Waals surface area contributed by atoms with E-state index < -0.39 is 0 Å². The van der Waals surface area contributed by atoms with Gasteiger partial charge in [-0.3, -0.25) is 4.79 Å². The quantitative estimate of drug-likeness (QED) is 0.596. The number of methoxy groups -OCH3 is 1. The molecule has 21 heavy (non-hydrogen) atoms. The minimum absolute atomic E-state index is 0.0509. The zero-order valence-electron chi connectivity index (χ0n) is 13.2. The Hall–Kier alpha value is -1.55. The van der Waals surface area contributed by atoms with Gasteiger partial charge in [0.2, 0.25) is 0 Å². The van der Waals surface area contributed by atoms with Gasteiger partial charge >= 0.3 is 5.97 Å². The molecule has 0 aliphatic carbocycles. The van der Waals surface area contributed by atoms with Gasteiger partial charge in [0.25, 0.3) is 0 Å². The topological polar surface area (TPSA) is 38.8 Å². The van der Waals surface area contributed by atoms with Crippen molar-refractivity contribution in [2.75, 3.05) is 33.4 Å². The fraction of sp³-hybridized carbons (Fsp3) is 0.588. The second kappa shape index (κ2) is 7.46. The first kappa shape index (κ1) is 15.8. The van der Waals surface area contributed by atoms with Gasteiger partial charge in [-0.2, -0.15) is 0 Å². The molecule has 1 aromatic rings. The van der Waals surface area contributed by atoms with Crippen molar-refractivity contribution < 1.29 is 14.3 Å². The molecule has 0 bridgehead atoms. The van der Waals surface area contributed by atoms with Crippen LogP contribution in [-0.4, -0.2) is 44.2 Å². The van der Waals surface area contributed by atoms with Crippen molar-refractivity contribution in [3.05, 3.63) is 29.3 Å². The molecule has 1 aliphatic rings. The smallest absolute Gasteiger partial charge is 0.310 e. The molecule has 1 saturated heterocycles. The van der Waals surface area contributed by atoms with Crippen LogP contribution in [0, 0.1) is 19.8 Å². The van der Waals surface area contributed by atoms with Crippen molar-refractivity contribution in [2.24, 2.45) is 5.92 Å². The molecule has 0 N–H and O–H groups in total. The van der Waals surface area contributed by atoms with Crippen molar-refractivity contribution in [2.45, 2.75) is 26.7 Å². The van der Waals surface area contributed by atoms with E-state index in [0.717, 1.165) is 38.2 Å². The molecule has 4 nitrogen and oxygen atoms in total. The van der Waals surface area contributed by atoms with Crippen molar-refractivity contribution in [1.29, 1.82) is 0 Å². The molecular formula is C17H25NO3. The van der Waals surface area contributed by atoms with Crippen molar-refractivity contribution >= 4 is 5.97 Å². The predicted molar refractivity (Wildman–Crippen MR) is 82.6 cm³/mol. The van der Waals surface area contributed by atoms with Crippen LogP contribution in [0.5, 0.6) is 5.75 Å². The maximum Gasteiger partial charge on any atom is 0.310 e. The lowest BCUT2D eigenvalue weighted by molar-refractivity contribution is -0.144. The van der Waals surface area contributed by atoms with Gasteiger partial charge in [-0.1, -0.05) is 12.1 Å². The molecule has 0 radical (unpaired) electrons. The highest BCUT2D eigenvalue weighted by molar-refractivity contribution is 5.72. The van der Waals surface area contributed by atoms with Crippen LogP contribution < -0.4 is 4.74 Å². The van der Waals surface area contributed by atoms with Gasteiger partial charge in [0.15, 0.2) is 0 Å². The average molecular weight is 291 g/mol. The fourth-order valence-corrected chi connectivity index (χ4v) is 2.73. The Labute approximate surface area is 127 Å². The van der Waals surface area contributed by atoms with Crippen LogP contribution in [0.25, 0.3) is 0 Å². The molecule has 1 aromatic carbocycles. The lowest BCUT2D eigenvalue weighted by Crippen LogP contribution is -2.25. The first-order valence-electron chi connectivity index (χ1n) is 7.60. The van der Waals surface area contributed by atoms with Crippen molar-refractivity contribution in [3.8, 4) is 5.75 Å². The number of ether oxygens (including phenoxy) is 2. The fourth-order valence-electron chi connectivity index (χ4n) is 2.73. The number of hydrogen-bond donors (Lipinski definition) is 0. The zero-order chi connectivity index (χ0) is 15.2. The summed E-state index contributed by atoms with van der Waals surface area (Å²) in [6.45, 7) is 7.61. The molecular weight excluding hydrogens is 266 g/mol. The van der Waals surface area contributed by atoms with E-state index in [9.17, 15) is 4.79 Å². The second-order valence-electron chi connectivity index (χ2n) is 5.78. The average Bonchev–Trinajstić information content (AvgIpc) is 2.95. The lowest BCUT2D eigenvalue weighted by Gasteiger charge is -2.16. The van der Waals surface area contributed by atoms with E-state index in [1.807, 2.05) is 0 Å². The Morgan fingerprint density at radius 2 is 2.19 bits per heavy atom. The highest BCUT2D eigenvalue weighted by Gasteiger charge is 2.28. The summed E-state index contributed by atoms with van der Waals surface area (Å²) in [7, 11) is 1.46. The monoisotopic (exact) mass is 291 g/mol.